The van der Waals surface area contributed by atoms with Crippen molar-refractivity contribution in [3.63, 3.8) is 0 Å². The minimum absolute atomic E-state index is 0. The van der Waals surface area contributed by atoms with Gasteiger partial charge in [0.1, 0.15) is 18.7 Å². The Hall–Kier alpha value is -2.91. The number of nitrogens with zero attached hydrogens (tertiary/aromatic N) is 4. The number of rotatable bonds is 5. The molecule has 0 aliphatic rings. The van der Waals surface area contributed by atoms with Crippen LogP contribution in [0.4, 0.5) is 22.8 Å². The van der Waals surface area contributed by atoms with Gasteiger partial charge in [-0.25, -0.2) is 19.3 Å². The van der Waals surface area contributed by atoms with Crippen LogP contribution in [0.15, 0.2) is 54.9 Å². The molecule has 0 saturated heterocycles. The van der Waals surface area contributed by atoms with Gasteiger partial charge in [0.2, 0.25) is 0 Å². The van der Waals surface area contributed by atoms with Gasteiger partial charge in [-0.3, -0.25) is 4.84 Å². The summed E-state index contributed by atoms with van der Waals surface area (Å²) in [5.74, 6) is 0.0101. The van der Waals surface area contributed by atoms with Crippen molar-refractivity contribution in [2.24, 2.45) is 0 Å². The fourth-order valence-corrected chi connectivity index (χ4v) is 2.80. The summed E-state index contributed by atoms with van der Waals surface area (Å²) in [6.07, 6.45) is -5.96. The van der Waals surface area contributed by atoms with Gasteiger partial charge in [0.15, 0.2) is 5.82 Å². The number of aromatic nitrogens is 3. The van der Waals surface area contributed by atoms with Crippen molar-refractivity contribution < 1.29 is 83.9 Å². The average Bonchev–Trinajstić information content (AvgIpc) is 3.25. The molecule has 14 heteroatoms. The third-order valence-electron chi connectivity index (χ3n) is 4.35. The van der Waals surface area contributed by atoms with Crippen molar-refractivity contribution in [1.29, 1.82) is 0 Å². The second-order valence-electron chi connectivity index (χ2n) is 8.13. The van der Waals surface area contributed by atoms with Crippen LogP contribution in [0.2, 0.25) is 0 Å². The van der Waals surface area contributed by atoms with E-state index in [4.69, 9.17) is 9.84 Å². The molecule has 3 aromatic rings. The maximum absolute atomic E-state index is 12.3. The summed E-state index contributed by atoms with van der Waals surface area (Å²) in [4.78, 5) is 31.8. The van der Waals surface area contributed by atoms with Crippen molar-refractivity contribution >= 4 is 12.2 Å². The number of hydroxylamine groups is 2. The molecule has 10 nitrogen and oxygen atoms in total. The first-order valence-electron chi connectivity index (χ1n) is 10.1. The molecule has 1 N–H and O–H groups in total. The van der Waals surface area contributed by atoms with E-state index in [0.29, 0.717) is 27.7 Å². The van der Waals surface area contributed by atoms with Gasteiger partial charge in [-0.1, -0.05) is 24.3 Å². The predicted octanol–water partition coefficient (Wildman–Crippen LogP) is 6.53. The van der Waals surface area contributed by atoms with Crippen molar-refractivity contribution in [2.45, 2.75) is 39.3 Å². The van der Waals surface area contributed by atoms with Crippen LogP contribution < -0.4 is 4.74 Å². The molecule has 3 rings (SSSR count). The molecule has 0 aliphatic heterocycles. The van der Waals surface area contributed by atoms with Crippen LogP contribution in [0.1, 0.15) is 26.3 Å². The van der Waals surface area contributed by atoms with Gasteiger partial charge in [0.25, 0.3) is 0 Å². The van der Waals surface area contributed by atoms with Crippen molar-refractivity contribution in [1.82, 2.24) is 19.8 Å². The van der Waals surface area contributed by atoms with E-state index in [-0.39, 0.29) is 76.4 Å². The second-order valence-corrected chi connectivity index (χ2v) is 8.13. The Kier molecular flexibility index (Phi) is 15.3. The zero-order valence-corrected chi connectivity index (χ0v) is 25.5. The molecule has 1 amide bonds. The maximum atomic E-state index is 12.3. The van der Waals surface area contributed by atoms with Crippen molar-refractivity contribution in [2.75, 3.05) is 0 Å². The van der Waals surface area contributed by atoms with Gasteiger partial charge >= 0.3 is 60.4 Å². The SMILES string of the molecule is CC(C)(C)N(OC(=O)O)C(=O)OCc1ccc(-c2ncn(-c3ccc(OC(F)(F)F)cc3)n2)cc1.[CH3-].[CH3-].[CH3-].[Ce+3]. The molecule has 0 saturated carbocycles. The minimum Gasteiger partial charge on any atom is -0.448 e. The first-order valence-corrected chi connectivity index (χ1v) is 10.1. The summed E-state index contributed by atoms with van der Waals surface area (Å²) in [6.45, 7) is 4.62. The largest absolute Gasteiger partial charge is 3.00 e. The van der Waals surface area contributed by atoms with Crippen molar-refractivity contribution in [3.8, 4) is 22.8 Å². The Balaban J connectivity index is 0. The molecule has 0 bridgehead atoms. The van der Waals surface area contributed by atoms with Gasteiger partial charge < -0.3 is 36.9 Å². The molecule has 1 aromatic heterocycles. The summed E-state index contributed by atoms with van der Waals surface area (Å²) in [6, 6.07) is 11.9. The van der Waals surface area contributed by atoms with Crippen LogP contribution in [0.5, 0.6) is 5.75 Å². The molecule has 39 heavy (non-hydrogen) atoms. The van der Waals surface area contributed by atoms with Gasteiger partial charge in [-0.05, 0) is 50.6 Å². The van der Waals surface area contributed by atoms with Crippen LogP contribution in [-0.2, 0) is 16.2 Å². The third kappa shape index (κ3) is 11.4. The molecular formula is C25H30CeF3N4O6. The number of benzene rings is 2. The number of hydrogen-bond acceptors (Lipinski definition) is 7. The summed E-state index contributed by atoms with van der Waals surface area (Å²) in [7, 11) is 0. The number of carboxylic acid groups (broad SMARTS) is 1. The number of carbonyl (C=O) groups is 2. The van der Waals surface area contributed by atoms with E-state index in [0.717, 1.165) is 0 Å². The monoisotopic (exact) mass is 679 g/mol. The van der Waals surface area contributed by atoms with Gasteiger partial charge in [-0.2, -0.15) is 0 Å². The van der Waals surface area contributed by atoms with Crippen LogP contribution in [0, 0.1) is 64.0 Å². The molecule has 1 radical (unpaired) electrons. The summed E-state index contributed by atoms with van der Waals surface area (Å²) in [5, 5.41) is 13.8. The molecule has 211 valence electrons. The number of ether oxygens (including phenoxy) is 2. The average molecular weight is 680 g/mol. The number of carbonyl (C=O) groups excluding carboxylic acids is 1. The van der Waals surface area contributed by atoms with Crippen LogP contribution in [0.25, 0.3) is 17.1 Å². The Morgan fingerprint density at radius 1 is 0.974 bits per heavy atom. The number of hydrogen-bond donors (Lipinski definition) is 1. The Labute approximate surface area is 259 Å². The first-order chi connectivity index (χ1) is 16.3. The molecule has 0 aliphatic carbocycles. The summed E-state index contributed by atoms with van der Waals surface area (Å²) in [5.41, 5.74) is 0.788. The smallest absolute Gasteiger partial charge is 0.448 e. The second kappa shape index (κ2) is 15.6. The molecule has 0 unspecified atom stereocenters. The molecule has 0 spiro atoms. The minimum atomic E-state index is -4.77. The molecule has 0 atom stereocenters. The topological polar surface area (TPSA) is 116 Å². The van der Waals surface area contributed by atoms with E-state index < -0.39 is 24.1 Å². The fraction of sp³-hybridized carbons (Fsp3) is 0.240. The summed E-state index contributed by atoms with van der Waals surface area (Å²) < 4.78 is 47.3. The molecule has 0 fully saturated rings. The Bertz CT molecular complexity index is 1180. The molecular weight excluding hydrogens is 649 g/mol. The molecule has 1 heterocycles. The molecule has 2 aromatic carbocycles. The van der Waals surface area contributed by atoms with E-state index in [1.165, 1.54) is 35.3 Å². The van der Waals surface area contributed by atoms with E-state index in [1.54, 1.807) is 45.0 Å². The number of halogens is 3. The van der Waals surface area contributed by atoms with Gasteiger partial charge in [-0.15, -0.1) is 23.3 Å². The van der Waals surface area contributed by atoms with Crippen LogP contribution in [0.3, 0.4) is 0 Å². The van der Waals surface area contributed by atoms with Gasteiger partial charge in [0.05, 0.1) is 11.2 Å². The van der Waals surface area contributed by atoms with Crippen molar-refractivity contribution in [3.05, 3.63) is 82.7 Å². The van der Waals surface area contributed by atoms with Crippen LogP contribution in [-0.4, -0.2) is 49.1 Å². The van der Waals surface area contributed by atoms with E-state index >= 15 is 0 Å². The fourth-order valence-electron chi connectivity index (χ4n) is 2.80. The zero-order chi connectivity index (χ0) is 25.8. The number of amides is 1. The Morgan fingerprint density at radius 3 is 2.03 bits per heavy atom. The van der Waals surface area contributed by atoms with Gasteiger partial charge in [0, 0.05) is 5.56 Å². The number of alkyl halides is 3. The van der Waals surface area contributed by atoms with E-state index in [1.807, 2.05) is 0 Å². The summed E-state index contributed by atoms with van der Waals surface area (Å²) >= 11 is 0. The van der Waals surface area contributed by atoms with Crippen LogP contribution >= 0.6 is 0 Å². The third-order valence-corrected chi connectivity index (χ3v) is 4.35. The van der Waals surface area contributed by atoms with E-state index in [9.17, 15) is 22.8 Å². The van der Waals surface area contributed by atoms with E-state index in [2.05, 4.69) is 19.7 Å². The quantitative estimate of drug-likeness (QED) is 0.239. The zero-order valence-electron chi connectivity index (χ0n) is 22.3. The maximum Gasteiger partial charge on any atom is 3.00 e. The normalized spacial score (nSPS) is 10.4. The Morgan fingerprint density at radius 2 is 1.54 bits per heavy atom. The first kappa shape index (κ1) is 38.2. The standard InChI is InChI=1S/C22H21F3N4O6.3CH3.Ce/c1-21(2,3)29(35-20(31)32)19(30)33-12-14-4-6-15(7-5-14)18-26-13-28(27-18)16-8-10-17(11-9-16)34-22(23,24)25;;;;/h4-11,13H,12H2,1-3H3,(H,31,32);3*1H3;/q;3*-1;+3. The predicted molar refractivity (Wildman–Crippen MR) is 134 cm³/mol.